The Morgan fingerprint density at radius 2 is 1.95 bits per heavy atom. The van der Waals surface area contributed by atoms with Crippen molar-refractivity contribution < 1.29 is 0 Å². The highest BCUT2D eigenvalue weighted by molar-refractivity contribution is 7.09. The second-order valence-corrected chi connectivity index (χ2v) is 5.98. The number of hydrogen-bond donors (Lipinski definition) is 1. The minimum Gasteiger partial charge on any atom is -0.364 e. The minimum atomic E-state index is 0.589. The number of rotatable bonds is 4. The zero-order valence-electron chi connectivity index (χ0n) is 11.4. The van der Waals surface area contributed by atoms with Gasteiger partial charge in [-0.25, -0.2) is 4.98 Å². The van der Waals surface area contributed by atoms with Gasteiger partial charge in [0.25, 0.3) is 0 Å². The average molecular weight is 317 g/mol. The lowest BCUT2D eigenvalue weighted by molar-refractivity contribution is 0.928. The molecule has 0 atom stereocenters. The van der Waals surface area contributed by atoms with Gasteiger partial charge in [0.2, 0.25) is 0 Å². The molecule has 3 rings (SSSR count). The normalized spacial score (nSPS) is 10.6. The van der Waals surface area contributed by atoms with E-state index in [0.717, 1.165) is 23.6 Å². The molecule has 0 saturated carbocycles. The maximum atomic E-state index is 5.89. The number of benzene rings is 1. The van der Waals surface area contributed by atoms with Gasteiger partial charge in [0.05, 0.1) is 6.54 Å². The first-order valence-corrected chi connectivity index (χ1v) is 7.71. The van der Waals surface area contributed by atoms with Gasteiger partial charge in [-0.3, -0.25) is 0 Å². The van der Waals surface area contributed by atoms with Gasteiger partial charge in [-0.2, -0.15) is 0 Å². The van der Waals surface area contributed by atoms with Gasteiger partial charge in [0.15, 0.2) is 11.6 Å². The van der Waals surface area contributed by atoms with Crippen molar-refractivity contribution >= 4 is 28.8 Å². The van der Waals surface area contributed by atoms with Crippen molar-refractivity contribution in [2.75, 3.05) is 5.32 Å². The fourth-order valence-corrected chi connectivity index (χ4v) is 2.62. The van der Waals surface area contributed by atoms with Gasteiger partial charge in [-0.05, 0) is 42.6 Å². The first-order chi connectivity index (χ1) is 10.2. The summed E-state index contributed by atoms with van der Waals surface area (Å²) < 4.78 is 0. The number of halogens is 1. The van der Waals surface area contributed by atoms with E-state index in [1.165, 1.54) is 4.88 Å². The van der Waals surface area contributed by atoms with Gasteiger partial charge in [0.1, 0.15) is 5.69 Å². The zero-order chi connectivity index (χ0) is 14.7. The largest absolute Gasteiger partial charge is 0.364 e. The molecule has 0 bridgehead atoms. The zero-order valence-corrected chi connectivity index (χ0v) is 12.9. The lowest BCUT2D eigenvalue weighted by atomic mass is 10.2. The van der Waals surface area contributed by atoms with Crippen molar-refractivity contribution in [3.8, 4) is 11.4 Å². The number of aromatic nitrogens is 3. The van der Waals surface area contributed by atoms with Crippen LogP contribution in [0.2, 0.25) is 5.02 Å². The fraction of sp³-hybridized carbons (Fsp3) is 0.133. The summed E-state index contributed by atoms with van der Waals surface area (Å²) in [5.41, 5.74) is 1.68. The van der Waals surface area contributed by atoms with Gasteiger partial charge in [-0.15, -0.1) is 21.5 Å². The summed E-state index contributed by atoms with van der Waals surface area (Å²) in [4.78, 5) is 5.80. The van der Waals surface area contributed by atoms with Crippen molar-refractivity contribution in [1.29, 1.82) is 0 Å². The minimum absolute atomic E-state index is 0.589. The van der Waals surface area contributed by atoms with E-state index < -0.39 is 0 Å². The monoisotopic (exact) mass is 316 g/mol. The molecule has 21 heavy (non-hydrogen) atoms. The molecule has 0 aliphatic carbocycles. The summed E-state index contributed by atoms with van der Waals surface area (Å²) in [6.07, 6.45) is 0. The Hall–Kier alpha value is -1.98. The average Bonchev–Trinajstić information content (AvgIpc) is 3.01. The first kappa shape index (κ1) is 14.0. The van der Waals surface area contributed by atoms with Gasteiger partial charge >= 0.3 is 0 Å². The second kappa shape index (κ2) is 6.20. The van der Waals surface area contributed by atoms with Crippen molar-refractivity contribution in [1.82, 2.24) is 15.2 Å². The van der Waals surface area contributed by atoms with Gasteiger partial charge < -0.3 is 5.32 Å². The summed E-state index contributed by atoms with van der Waals surface area (Å²) in [6.45, 7) is 2.62. The molecule has 0 fully saturated rings. The van der Waals surface area contributed by atoms with E-state index in [-0.39, 0.29) is 0 Å². The Morgan fingerprint density at radius 3 is 2.67 bits per heavy atom. The lowest BCUT2D eigenvalue weighted by Crippen LogP contribution is -2.06. The highest BCUT2D eigenvalue weighted by Crippen LogP contribution is 2.20. The van der Waals surface area contributed by atoms with E-state index >= 15 is 0 Å². The summed E-state index contributed by atoms with van der Waals surface area (Å²) >= 11 is 7.60. The number of hydrogen-bond acceptors (Lipinski definition) is 5. The Labute approximate surface area is 131 Å². The van der Waals surface area contributed by atoms with Crippen LogP contribution in [0.1, 0.15) is 10.6 Å². The van der Waals surface area contributed by atoms with Crippen LogP contribution in [0, 0.1) is 6.92 Å². The molecule has 2 heterocycles. The molecule has 0 amide bonds. The lowest BCUT2D eigenvalue weighted by Gasteiger charge is -2.08. The molecule has 0 aliphatic heterocycles. The van der Waals surface area contributed by atoms with Crippen LogP contribution in [-0.4, -0.2) is 15.2 Å². The summed E-state index contributed by atoms with van der Waals surface area (Å²) in [7, 11) is 0. The molecule has 0 spiro atoms. The Kier molecular flexibility index (Phi) is 4.13. The molecule has 106 valence electrons. The molecule has 3 aromatic rings. The number of nitrogens with zero attached hydrogens (tertiary/aromatic N) is 3. The third kappa shape index (κ3) is 3.37. The topological polar surface area (TPSA) is 50.7 Å². The van der Waals surface area contributed by atoms with Crippen LogP contribution in [0.3, 0.4) is 0 Å². The third-order valence-electron chi connectivity index (χ3n) is 2.97. The van der Waals surface area contributed by atoms with Crippen LogP contribution in [0.15, 0.2) is 41.8 Å². The van der Waals surface area contributed by atoms with Crippen molar-refractivity contribution in [2.45, 2.75) is 13.5 Å². The first-order valence-electron chi connectivity index (χ1n) is 6.46. The molecule has 2 aromatic heterocycles. The molecule has 1 aromatic carbocycles. The van der Waals surface area contributed by atoms with Crippen LogP contribution >= 0.6 is 22.9 Å². The Balaban J connectivity index is 1.83. The Bertz CT molecular complexity index is 726. The number of nitrogens with one attached hydrogen (secondary N) is 1. The maximum Gasteiger partial charge on any atom is 0.183 e. The highest BCUT2D eigenvalue weighted by atomic mass is 35.5. The summed E-state index contributed by atoms with van der Waals surface area (Å²) in [5.74, 6) is 1.34. The van der Waals surface area contributed by atoms with Crippen molar-refractivity contribution in [3.63, 3.8) is 0 Å². The highest BCUT2D eigenvalue weighted by Gasteiger charge is 2.07. The summed E-state index contributed by atoms with van der Waals surface area (Å²) in [6, 6.07) is 11.5. The number of aryl methyl sites for hydroxylation is 1. The van der Waals surface area contributed by atoms with E-state index in [2.05, 4.69) is 31.9 Å². The predicted octanol–water partition coefficient (Wildman–Crippen LogP) is 4.17. The molecule has 0 unspecified atom stereocenters. The van der Waals surface area contributed by atoms with E-state index in [1.54, 1.807) is 11.3 Å². The second-order valence-electron chi connectivity index (χ2n) is 4.51. The molecular weight excluding hydrogens is 304 g/mol. The van der Waals surface area contributed by atoms with Gasteiger partial charge in [-0.1, -0.05) is 17.7 Å². The standard InChI is InChI=1S/C15H13ClN4S/c1-10-14(17-9-13-3-2-8-21-13)18-15(20-19-10)11-4-6-12(16)7-5-11/h2-8H,9H2,1H3,(H,17,18,20). The molecule has 0 radical (unpaired) electrons. The smallest absolute Gasteiger partial charge is 0.183 e. The maximum absolute atomic E-state index is 5.89. The van der Waals surface area contributed by atoms with Crippen LogP contribution in [0.4, 0.5) is 5.82 Å². The van der Waals surface area contributed by atoms with Crippen LogP contribution in [0.25, 0.3) is 11.4 Å². The van der Waals surface area contributed by atoms with Crippen LogP contribution < -0.4 is 5.32 Å². The fourth-order valence-electron chi connectivity index (χ4n) is 1.85. The van der Waals surface area contributed by atoms with E-state index in [1.807, 2.05) is 37.3 Å². The van der Waals surface area contributed by atoms with E-state index in [4.69, 9.17) is 11.6 Å². The van der Waals surface area contributed by atoms with E-state index in [9.17, 15) is 0 Å². The Morgan fingerprint density at radius 1 is 1.14 bits per heavy atom. The molecule has 0 aliphatic rings. The number of anilines is 1. The number of thiophene rings is 1. The van der Waals surface area contributed by atoms with E-state index in [0.29, 0.717) is 10.8 Å². The SMILES string of the molecule is Cc1nnc(-c2ccc(Cl)cc2)nc1NCc1cccs1. The van der Waals surface area contributed by atoms with Crippen molar-refractivity contribution in [3.05, 3.63) is 57.4 Å². The quantitative estimate of drug-likeness (QED) is 0.784. The van der Waals surface area contributed by atoms with Crippen LogP contribution in [0.5, 0.6) is 0 Å². The third-order valence-corrected chi connectivity index (χ3v) is 4.10. The predicted molar refractivity (Wildman–Crippen MR) is 86.7 cm³/mol. The molecule has 1 N–H and O–H groups in total. The molecule has 6 heteroatoms. The summed E-state index contributed by atoms with van der Waals surface area (Å²) in [5, 5.41) is 14.4. The molecular formula is C15H13ClN4S. The molecule has 4 nitrogen and oxygen atoms in total. The van der Waals surface area contributed by atoms with Crippen LogP contribution in [-0.2, 0) is 6.54 Å². The van der Waals surface area contributed by atoms with Gasteiger partial charge in [0, 0.05) is 15.5 Å². The molecule has 0 saturated heterocycles. The van der Waals surface area contributed by atoms with Crippen molar-refractivity contribution in [2.24, 2.45) is 0 Å².